The Hall–Kier alpha value is -0.0800. The molecule has 2 heteroatoms. The quantitative estimate of drug-likeness (QED) is 0.456. The highest BCUT2D eigenvalue weighted by atomic mass is 14.9. The standard InChI is InChI=1S/C16H36N2/c1-3-16(2)18-15-13-11-9-7-5-4-6-8-10-12-14-17/h16,18H,3-15,17H2,1-2H3. The van der Waals surface area contributed by atoms with Crippen LogP contribution in [0, 0.1) is 0 Å². The average molecular weight is 256 g/mol. The van der Waals surface area contributed by atoms with Gasteiger partial charge >= 0.3 is 0 Å². The van der Waals surface area contributed by atoms with Gasteiger partial charge in [-0.2, -0.15) is 0 Å². The van der Waals surface area contributed by atoms with Crippen molar-refractivity contribution >= 4 is 0 Å². The highest BCUT2D eigenvalue weighted by Gasteiger charge is 1.96. The first-order valence-corrected chi connectivity index (χ1v) is 8.24. The maximum Gasteiger partial charge on any atom is 0.00360 e. The molecule has 0 aromatic carbocycles. The highest BCUT2D eigenvalue weighted by Crippen LogP contribution is 2.10. The summed E-state index contributed by atoms with van der Waals surface area (Å²) in [7, 11) is 0. The van der Waals surface area contributed by atoms with E-state index in [9.17, 15) is 0 Å². The second-order valence-corrected chi connectivity index (χ2v) is 5.59. The summed E-state index contributed by atoms with van der Waals surface area (Å²) >= 11 is 0. The van der Waals surface area contributed by atoms with Crippen LogP contribution in [-0.2, 0) is 0 Å². The third kappa shape index (κ3) is 14.0. The van der Waals surface area contributed by atoms with Crippen molar-refractivity contribution in [1.82, 2.24) is 5.32 Å². The van der Waals surface area contributed by atoms with Crippen LogP contribution >= 0.6 is 0 Å². The second kappa shape index (κ2) is 15.0. The number of hydrogen-bond donors (Lipinski definition) is 2. The molecule has 0 radical (unpaired) electrons. The zero-order valence-electron chi connectivity index (χ0n) is 12.8. The predicted molar refractivity (Wildman–Crippen MR) is 83.0 cm³/mol. The van der Waals surface area contributed by atoms with Gasteiger partial charge in [-0.05, 0) is 39.3 Å². The SMILES string of the molecule is CCC(C)NCCCCCCCCCCCCN. The Morgan fingerprint density at radius 2 is 1.22 bits per heavy atom. The molecule has 0 fully saturated rings. The summed E-state index contributed by atoms with van der Waals surface area (Å²) in [5, 5.41) is 3.55. The van der Waals surface area contributed by atoms with Gasteiger partial charge in [-0.25, -0.2) is 0 Å². The normalized spacial score (nSPS) is 12.8. The van der Waals surface area contributed by atoms with E-state index in [0.29, 0.717) is 6.04 Å². The monoisotopic (exact) mass is 256 g/mol. The lowest BCUT2D eigenvalue weighted by molar-refractivity contribution is 0.499. The smallest absolute Gasteiger partial charge is 0.00360 e. The number of rotatable bonds is 14. The molecule has 0 saturated heterocycles. The first-order valence-electron chi connectivity index (χ1n) is 8.24. The fourth-order valence-corrected chi connectivity index (χ4v) is 2.18. The van der Waals surface area contributed by atoms with Crippen molar-refractivity contribution < 1.29 is 0 Å². The van der Waals surface area contributed by atoms with Gasteiger partial charge in [0.25, 0.3) is 0 Å². The molecule has 0 aliphatic rings. The first kappa shape index (κ1) is 17.9. The van der Waals surface area contributed by atoms with Crippen LogP contribution < -0.4 is 11.1 Å². The molecule has 0 saturated carbocycles. The minimum atomic E-state index is 0.693. The molecule has 1 atom stereocenters. The molecule has 0 aliphatic heterocycles. The van der Waals surface area contributed by atoms with E-state index in [2.05, 4.69) is 19.2 Å². The molecule has 2 nitrogen and oxygen atoms in total. The fraction of sp³-hybridized carbons (Fsp3) is 1.00. The highest BCUT2D eigenvalue weighted by molar-refractivity contribution is 4.57. The van der Waals surface area contributed by atoms with Gasteiger partial charge < -0.3 is 11.1 Å². The topological polar surface area (TPSA) is 38.0 Å². The lowest BCUT2D eigenvalue weighted by Gasteiger charge is -2.10. The fourth-order valence-electron chi connectivity index (χ4n) is 2.18. The molecule has 0 aromatic heterocycles. The van der Waals surface area contributed by atoms with Gasteiger partial charge in [-0.3, -0.25) is 0 Å². The molecular weight excluding hydrogens is 220 g/mol. The van der Waals surface area contributed by atoms with Crippen LogP contribution in [0.3, 0.4) is 0 Å². The number of unbranched alkanes of at least 4 members (excludes halogenated alkanes) is 9. The van der Waals surface area contributed by atoms with Crippen molar-refractivity contribution in [1.29, 1.82) is 0 Å². The van der Waals surface area contributed by atoms with Gasteiger partial charge in [-0.15, -0.1) is 0 Å². The number of nitrogens with one attached hydrogen (secondary N) is 1. The largest absolute Gasteiger partial charge is 0.330 e. The van der Waals surface area contributed by atoms with Crippen molar-refractivity contribution in [3.8, 4) is 0 Å². The first-order chi connectivity index (χ1) is 8.81. The molecule has 0 aromatic rings. The minimum Gasteiger partial charge on any atom is -0.330 e. The molecular formula is C16H36N2. The Balaban J connectivity index is 2.94. The second-order valence-electron chi connectivity index (χ2n) is 5.59. The van der Waals surface area contributed by atoms with Crippen LogP contribution in [0.15, 0.2) is 0 Å². The lowest BCUT2D eigenvalue weighted by Crippen LogP contribution is -2.25. The minimum absolute atomic E-state index is 0.693. The van der Waals surface area contributed by atoms with E-state index in [4.69, 9.17) is 5.73 Å². The average Bonchev–Trinajstić information content (AvgIpc) is 2.39. The van der Waals surface area contributed by atoms with Gasteiger partial charge in [-0.1, -0.05) is 58.3 Å². The maximum atomic E-state index is 5.47. The van der Waals surface area contributed by atoms with Crippen molar-refractivity contribution in [2.75, 3.05) is 13.1 Å². The Labute approximate surface area is 115 Å². The molecule has 0 heterocycles. The van der Waals surface area contributed by atoms with E-state index in [0.717, 1.165) is 6.54 Å². The molecule has 110 valence electrons. The Morgan fingerprint density at radius 3 is 1.67 bits per heavy atom. The van der Waals surface area contributed by atoms with Crippen molar-refractivity contribution in [2.24, 2.45) is 5.73 Å². The summed E-state index contributed by atoms with van der Waals surface area (Å²) in [6.07, 6.45) is 15.0. The van der Waals surface area contributed by atoms with Crippen molar-refractivity contribution in [2.45, 2.75) is 90.5 Å². The van der Waals surface area contributed by atoms with E-state index >= 15 is 0 Å². The molecule has 0 bridgehead atoms. The van der Waals surface area contributed by atoms with Gasteiger partial charge in [0.15, 0.2) is 0 Å². The molecule has 1 unspecified atom stereocenters. The number of nitrogens with two attached hydrogens (primary N) is 1. The third-order valence-corrected chi connectivity index (χ3v) is 3.74. The molecule has 0 aliphatic carbocycles. The predicted octanol–water partition coefficient (Wildman–Crippen LogP) is 4.23. The van der Waals surface area contributed by atoms with Crippen molar-refractivity contribution in [3.05, 3.63) is 0 Å². The molecule has 0 spiro atoms. The van der Waals surface area contributed by atoms with Crippen LogP contribution in [0.25, 0.3) is 0 Å². The van der Waals surface area contributed by atoms with Crippen LogP contribution in [-0.4, -0.2) is 19.1 Å². The summed E-state index contributed by atoms with van der Waals surface area (Å²) in [5.41, 5.74) is 5.47. The van der Waals surface area contributed by atoms with Crippen LogP contribution in [0.4, 0.5) is 0 Å². The summed E-state index contributed by atoms with van der Waals surface area (Å²) in [5.74, 6) is 0. The lowest BCUT2D eigenvalue weighted by atomic mass is 10.1. The van der Waals surface area contributed by atoms with Crippen LogP contribution in [0.2, 0.25) is 0 Å². The van der Waals surface area contributed by atoms with E-state index in [1.165, 1.54) is 77.2 Å². The number of hydrogen-bond acceptors (Lipinski definition) is 2. The van der Waals surface area contributed by atoms with Gasteiger partial charge in [0, 0.05) is 6.04 Å². The van der Waals surface area contributed by atoms with Crippen LogP contribution in [0.5, 0.6) is 0 Å². The Bertz CT molecular complexity index is 148. The molecule has 3 N–H and O–H groups in total. The van der Waals surface area contributed by atoms with E-state index in [1.54, 1.807) is 0 Å². The molecule has 18 heavy (non-hydrogen) atoms. The Kier molecular flexibility index (Phi) is 14.9. The van der Waals surface area contributed by atoms with Gasteiger partial charge in [0.2, 0.25) is 0 Å². The van der Waals surface area contributed by atoms with E-state index < -0.39 is 0 Å². The van der Waals surface area contributed by atoms with E-state index in [-0.39, 0.29) is 0 Å². The molecule has 0 amide bonds. The third-order valence-electron chi connectivity index (χ3n) is 3.74. The Morgan fingerprint density at radius 1 is 0.778 bits per heavy atom. The van der Waals surface area contributed by atoms with E-state index in [1.807, 2.05) is 0 Å². The maximum absolute atomic E-state index is 5.47. The van der Waals surface area contributed by atoms with Gasteiger partial charge in [0.05, 0.1) is 0 Å². The summed E-state index contributed by atoms with van der Waals surface area (Å²) in [6.45, 7) is 6.58. The molecule has 0 rings (SSSR count). The summed E-state index contributed by atoms with van der Waals surface area (Å²) in [4.78, 5) is 0. The van der Waals surface area contributed by atoms with Crippen LogP contribution in [0.1, 0.15) is 84.5 Å². The zero-order valence-corrected chi connectivity index (χ0v) is 12.8. The zero-order chi connectivity index (χ0) is 13.5. The van der Waals surface area contributed by atoms with Crippen molar-refractivity contribution in [3.63, 3.8) is 0 Å². The summed E-state index contributed by atoms with van der Waals surface area (Å²) in [6, 6.07) is 0.693. The van der Waals surface area contributed by atoms with Gasteiger partial charge in [0.1, 0.15) is 0 Å². The summed E-state index contributed by atoms with van der Waals surface area (Å²) < 4.78 is 0.